The minimum absolute atomic E-state index is 0.608. The molecule has 96 valence electrons. The summed E-state index contributed by atoms with van der Waals surface area (Å²) in [5, 5.41) is 4.61. The van der Waals surface area contributed by atoms with Crippen molar-refractivity contribution in [2.24, 2.45) is 0 Å². The fourth-order valence-electron chi connectivity index (χ4n) is 1.77. The first-order chi connectivity index (χ1) is 9.24. The highest BCUT2D eigenvalue weighted by molar-refractivity contribution is 7.99. The third-order valence-corrected chi connectivity index (χ3v) is 3.49. The molecule has 0 aliphatic rings. The molecule has 1 aromatic carbocycles. The largest absolute Gasteiger partial charge is 0.357 e. The zero-order valence-electron chi connectivity index (χ0n) is 10.6. The molecule has 0 amide bonds. The van der Waals surface area contributed by atoms with Crippen LogP contribution in [0.3, 0.4) is 0 Å². The van der Waals surface area contributed by atoms with Gasteiger partial charge in [-0.1, -0.05) is 6.07 Å². The van der Waals surface area contributed by atoms with Crippen LogP contribution in [0.2, 0.25) is 0 Å². The number of benzene rings is 1. The van der Waals surface area contributed by atoms with E-state index in [9.17, 15) is 0 Å². The minimum Gasteiger partial charge on any atom is -0.357 e. The number of anilines is 1. The number of hydrogen-bond acceptors (Lipinski definition) is 5. The lowest BCUT2D eigenvalue weighted by atomic mass is 10.2. The Balaban J connectivity index is 1.92. The number of H-pyrrole nitrogens is 1. The summed E-state index contributed by atoms with van der Waals surface area (Å²) in [5.74, 6) is 0.608. The van der Waals surface area contributed by atoms with Crippen molar-refractivity contribution in [3.8, 4) is 0 Å². The van der Waals surface area contributed by atoms with Gasteiger partial charge in [0.05, 0.1) is 11.0 Å². The van der Waals surface area contributed by atoms with Gasteiger partial charge in [-0.25, -0.2) is 15.0 Å². The van der Waals surface area contributed by atoms with E-state index in [1.165, 1.54) is 17.3 Å². The van der Waals surface area contributed by atoms with Crippen LogP contribution in [0.1, 0.15) is 5.56 Å². The van der Waals surface area contributed by atoms with Gasteiger partial charge in [0, 0.05) is 13.2 Å². The summed E-state index contributed by atoms with van der Waals surface area (Å²) in [5.41, 5.74) is 3.23. The molecule has 0 spiro atoms. The van der Waals surface area contributed by atoms with Crippen LogP contribution in [0.5, 0.6) is 0 Å². The van der Waals surface area contributed by atoms with Crippen molar-refractivity contribution in [2.75, 3.05) is 12.4 Å². The Hall–Kier alpha value is -2.08. The van der Waals surface area contributed by atoms with Crippen LogP contribution in [0.4, 0.5) is 5.95 Å². The quantitative estimate of drug-likeness (QED) is 0.717. The van der Waals surface area contributed by atoms with Crippen LogP contribution in [-0.2, 0) is 0 Å². The molecular formula is C13H13N5S. The molecule has 0 atom stereocenters. The van der Waals surface area contributed by atoms with Gasteiger partial charge in [0.2, 0.25) is 5.95 Å². The molecule has 0 aliphatic heterocycles. The van der Waals surface area contributed by atoms with Crippen LogP contribution in [0, 0.1) is 6.92 Å². The van der Waals surface area contributed by atoms with Crippen molar-refractivity contribution in [3.63, 3.8) is 0 Å². The first kappa shape index (κ1) is 12.0. The van der Waals surface area contributed by atoms with Gasteiger partial charge in [-0.3, -0.25) is 0 Å². The number of fused-ring (bicyclic) bond motifs is 1. The van der Waals surface area contributed by atoms with E-state index in [1.54, 1.807) is 13.2 Å². The van der Waals surface area contributed by atoms with E-state index in [1.807, 2.05) is 12.1 Å². The number of rotatable bonds is 3. The van der Waals surface area contributed by atoms with Crippen molar-refractivity contribution in [1.82, 2.24) is 19.9 Å². The maximum Gasteiger partial charge on any atom is 0.223 e. The monoisotopic (exact) mass is 271 g/mol. The van der Waals surface area contributed by atoms with E-state index >= 15 is 0 Å². The summed E-state index contributed by atoms with van der Waals surface area (Å²) in [6.45, 7) is 2.07. The first-order valence-electron chi connectivity index (χ1n) is 5.89. The van der Waals surface area contributed by atoms with E-state index in [4.69, 9.17) is 0 Å². The highest BCUT2D eigenvalue weighted by Gasteiger charge is 2.06. The molecule has 5 nitrogen and oxygen atoms in total. The standard InChI is InChI=1S/C13H13N5S/c1-8-3-4-9-10(7-8)17-13(16-9)19-11-5-6-15-12(14-2)18-11/h3-7H,1-2H3,(H,16,17)(H,14,15,18). The summed E-state index contributed by atoms with van der Waals surface area (Å²) < 4.78 is 0. The van der Waals surface area contributed by atoms with Crippen molar-refractivity contribution >= 4 is 28.7 Å². The third kappa shape index (κ3) is 2.53. The van der Waals surface area contributed by atoms with Crippen LogP contribution in [0.25, 0.3) is 11.0 Å². The van der Waals surface area contributed by atoms with Crippen molar-refractivity contribution < 1.29 is 0 Å². The molecule has 0 aliphatic carbocycles. The van der Waals surface area contributed by atoms with Gasteiger partial charge >= 0.3 is 0 Å². The Morgan fingerprint density at radius 3 is 2.95 bits per heavy atom. The van der Waals surface area contributed by atoms with E-state index < -0.39 is 0 Å². The fourth-order valence-corrected chi connectivity index (χ4v) is 2.53. The van der Waals surface area contributed by atoms with E-state index in [2.05, 4.69) is 44.3 Å². The lowest BCUT2D eigenvalue weighted by molar-refractivity contribution is 1.02. The lowest BCUT2D eigenvalue weighted by Crippen LogP contribution is -1.95. The Kier molecular flexibility index (Phi) is 3.08. The Labute approximate surface area is 114 Å². The minimum atomic E-state index is 0.608. The second-order valence-electron chi connectivity index (χ2n) is 4.13. The molecule has 0 bridgehead atoms. The molecular weight excluding hydrogens is 258 g/mol. The topological polar surface area (TPSA) is 66.5 Å². The van der Waals surface area contributed by atoms with Crippen molar-refractivity contribution in [3.05, 3.63) is 36.0 Å². The fraction of sp³-hybridized carbons (Fsp3) is 0.154. The number of aromatic nitrogens is 4. The number of nitrogens with one attached hydrogen (secondary N) is 2. The summed E-state index contributed by atoms with van der Waals surface area (Å²) in [6, 6.07) is 8.03. The van der Waals surface area contributed by atoms with Gasteiger partial charge in [-0.2, -0.15) is 0 Å². The second kappa shape index (κ2) is 4.89. The molecule has 3 aromatic rings. The highest BCUT2D eigenvalue weighted by Crippen LogP contribution is 2.26. The van der Waals surface area contributed by atoms with Crippen LogP contribution < -0.4 is 5.32 Å². The van der Waals surface area contributed by atoms with Crippen LogP contribution in [-0.4, -0.2) is 27.0 Å². The van der Waals surface area contributed by atoms with Gasteiger partial charge in [-0.15, -0.1) is 0 Å². The Bertz CT molecular complexity index is 722. The molecule has 2 heterocycles. The molecule has 2 N–H and O–H groups in total. The maximum atomic E-state index is 4.53. The van der Waals surface area contributed by atoms with E-state index in [-0.39, 0.29) is 0 Å². The number of imidazole rings is 1. The average Bonchev–Trinajstić information content (AvgIpc) is 2.80. The smallest absolute Gasteiger partial charge is 0.223 e. The third-order valence-electron chi connectivity index (χ3n) is 2.67. The average molecular weight is 271 g/mol. The normalized spacial score (nSPS) is 10.8. The van der Waals surface area contributed by atoms with Gasteiger partial charge in [0.1, 0.15) is 5.03 Å². The first-order valence-corrected chi connectivity index (χ1v) is 6.71. The Morgan fingerprint density at radius 1 is 1.21 bits per heavy atom. The number of nitrogens with zero attached hydrogens (tertiary/aromatic N) is 3. The molecule has 3 rings (SSSR count). The molecule has 19 heavy (non-hydrogen) atoms. The highest BCUT2D eigenvalue weighted by atomic mass is 32.2. The molecule has 0 saturated heterocycles. The SMILES string of the molecule is CNc1nccc(Sc2nc3ccc(C)cc3[nH]2)n1. The zero-order chi connectivity index (χ0) is 13.2. The molecule has 0 unspecified atom stereocenters. The molecule has 0 saturated carbocycles. The van der Waals surface area contributed by atoms with Gasteiger partial charge in [-0.05, 0) is 42.4 Å². The second-order valence-corrected chi connectivity index (χ2v) is 5.14. The van der Waals surface area contributed by atoms with E-state index in [0.29, 0.717) is 5.95 Å². The summed E-state index contributed by atoms with van der Waals surface area (Å²) in [6.07, 6.45) is 1.73. The van der Waals surface area contributed by atoms with E-state index in [0.717, 1.165) is 21.2 Å². The predicted octanol–water partition coefficient (Wildman–Crippen LogP) is 2.85. The number of aromatic amines is 1. The van der Waals surface area contributed by atoms with Gasteiger partial charge in [0.15, 0.2) is 5.16 Å². The van der Waals surface area contributed by atoms with Gasteiger partial charge in [0.25, 0.3) is 0 Å². The zero-order valence-corrected chi connectivity index (χ0v) is 11.5. The Morgan fingerprint density at radius 2 is 2.11 bits per heavy atom. The van der Waals surface area contributed by atoms with Crippen molar-refractivity contribution in [1.29, 1.82) is 0 Å². The van der Waals surface area contributed by atoms with Gasteiger partial charge < -0.3 is 10.3 Å². The molecule has 0 fully saturated rings. The summed E-state index contributed by atoms with van der Waals surface area (Å²) >= 11 is 1.49. The summed E-state index contributed by atoms with van der Waals surface area (Å²) in [4.78, 5) is 16.3. The molecule has 2 aromatic heterocycles. The van der Waals surface area contributed by atoms with Crippen molar-refractivity contribution in [2.45, 2.75) is 17.1 Å². The van der Waals surface area contributed by atoms with Crippen LogP contribution >= 0.6 is 11.8 Å². The molecule has 6 heteroatoms. The number of hydrogen-bond donors (Lipinski definition) is 2. The maximum absolute atomic E-state index is 4.53. The number of aryl methyl sites for hydroxylation is 1. The lowest BCUT2D eigenvalue weighted by Gasteiger charge is -1.99. The molecule has 0 radical (unpaired) electrons. The predicted molar refractivity (Wildman–Crippen MR) is 76.5 cm³/mol. The summed E-state index contributed by atoms with van der Waals surface area (Å²) in [7, 11) is 1.80. The van der Waals surface area contributed by atoms with Crippen LogP contribution in [0.15, 0.2) is 40.6 Å².